The van der Waals surface area contributed by atoms with E-state index in [0.29, 0.717) is 0 Å². The molecule has 4 heteroatoms. The second-order valence-electron chi connectivity index (χ2n) is 3.53. The average Bonchev–Trinajstić information content (AvgIpc) is 2.09. The summed E-state index contributed by atoms with van der Waals surface area (Å²) in [6.07, 6.45) is 0.243. The van der Waals surface area contributed by atoms with Crippen molar-refractivity contribution in [2.24, 2.45) is 5.73 Å². The minimum absolute atomic E-state index is 0.123. The third-order valence-electron chi connectivity index (χ3n) is 2.22. The Balaban J connectivity index is 3.12. The van der Waals surface area contributed by atoms with E-state index < -0.39 is 17.1 Å². The van der Waals surface area contributed by atoms with Crippen molar-refractivity contribution in [3.63, 3.8) is 0 Å². The molecule has 0 spiro atoms. The number of aliphatic hydroxyl groups is 1. The normalized spacial score (nSPS) is 15.1. The number of halogens is 1. The number of hydrogen-bond donors (Lipinski definition) is 3. The molecule has 0 aromatic heterocycles. The van der Waals surface area contributed by atoms with Crippen molar-refractivity contribution in [3.8, 4) is 5.75 Å². The first kappa shape index (κ1) is 10.9. The van der Waals surface area contributed by atoms with Crippen LogP contribution in [0.5, 0.6) is 5.75 Å². The van der Waals surface area contributed by atoms with Gasteiger partial charge in [0.2, 0.25) is 0 Å². The van der Waals surface area contributed by atoms with Gasteiger partial charge in [0, 0.05) is 17.7 Å². The van der Waals surface area contributed by atoms with Crippen molar-refractivity contribution in [1.82, 2.24) is 0 Å². The quantitative estimate of drug-likeness (QED) is 0.682. The molecule has 0 saturated heterocycles. The maximum absolute atomic E-state index is 13.4. The highest BCUT2D eigenvalue weighted by atomic mass is 19.1. The van der Waals surface area contributed by atoms with E-state index in [4.69, 9.17) is 15.9 Å². The van der Waals surface area contributed by atoms with E-state index in [9.17, 15) is 4.39 Å². The Morgan fingerprint density at radius 1 is 1.50 bits per heavy atom. The summed E-state index contributed by atoms with van der Waals surface area (Å²) >= 11 is 0. The van der Waals surface area contributed by atoms with E-state index in [2.05, 4.69) is 0 Å². The van der Waals surface area contributed by atoms with Crippen LogP contribution in [0.25, 0.3) is 0 Å². The molecule has 0 bridgehead atoms. The number of aliphatic hydroxyl groups excluding tert-OH is 1. The van der Waals surface area contributed by atoms with E-state index in [1.807, 2.05) is 0 Å². The molecular formula is C10H14FNO2. The first-order chi connectivity index (χ1) is 6.49. The summed E-state index contributed by atoms with van der Waals surface area (Å²) in [5.74, 6) is -1.14. The number of nitrogens with two attached hydrogens (primary N) is 1. The van der Waals surface area contributed by atoms with Crippen molar-refractivity contribution in [2.75, 3.05) is 6.61 Å². The van der Waals surface area contributed by atoms with Gasteiger partial charge in [0.1, 0.15) is 0 Å². The van der Waals surface area contributed by atoms with Crippen LogP contribution in [-0.2, 0) is 5.54 Å². The Labute approximate surface area is 82.0 Å². The van der Waals surface area contributed by atoms with E-state index >= 15 is 0 Å². The smallest absolute Gasteiger partial charge is 0.169 e. The molecule has 1 atom stereocenters. The molecule has 0 radical (unpaired) electrons. The SMILES string of the molecule is C[C@](N)(CCO)c1cccc(O)c1F. The molecule has 3 nitrogen and oxygen atoms in total. The zero-order chi connectivity index (χ0) is 10.8. The molecule has 0 aliphatic heterocycles. The molecule has 78 valence electrons. The molecule has 0 amide bonds. The second kappa shape index (κ2) is 3.94. The minimum atomic E-state index is -0.961. The van der Waals surface area contributed by atoms with Crippen molar-refractivity contribution in [3.05, 3.63) is 29.6 Å². The zero-order valence-corrected chi connectivity index (χ0v) is 8.00. The van der Waals surface area contributed by atoms with Gasteiger partial charge in [0.25, 0.3) is 0 Å². The fourth-order valence-electron chi connectivity index (χ4n) is 1.33. The Morgan fingerprint density at radius 3 is 2.71 bits per heavy atom. The van der Waals surface area contributed by atoms with Gasteiger partial charge < -0.3 is 15.9 Å². The van der Waals surface area contributed by atoms with E-state index in [1.165, 1.54) is 18.2 Å². The standard InChI is InChI=1S/C10H14FNO2/c1-10(12,5-6-13)7-3-2-4-8(14)9(7)11/h2-4,13-14H,5-6,12H2,1H3/t10-/m0/s1. The van der Waals surface area contributed by atoms with Gasteiger partial charge in [-0.2, -0.15) is 0 Å². The Hall–Kier alpha value is -1.13. The molecule has 0 aliphatic rings. The molecule has 4 N–H and O–H groups in total. The Kier molecular flexibility index (Phi) is 3.08. The Morgan fingerprint density at radius 2 is 2.14 bits per heavy atom. The van der Waals surface area contributed by atoms with Gasteiger partial charge in [-0.25, -0.2) is 4.39 Å². The van der Waals surface area contributed by atoms with Crippen molar-refractivity contribution < 1.29 is 14.6 Å². The van der Waals surface area contributed by atoms with Crippen LogP contribution in [0.4, 0.5) is 4.39 Å². The molecule has 0 aliphatic carbocycles. The maximum Gasteiger partial charge on any atom is 0.169 e. The fraction of sp³-hybridized carbons (Fsp3) is 0.400. The lowest BCUT2D eigenvalue weighted by atomic mass is 9.89. The van der Waals surface area contributed by atoms with Crippen LogP contribution in [0.1, 0.15) is 18.9 Å². The number of phenols is 1. The number of aromatic hydroxyl groups is 1. The molecule has 0 unspecified atom stereocenters. The third kappa shape index (κ3) is 2.02. The van der Waals surface area contributed by atoms with Crippen LogP contribution >= 0.6 is 0 Å². The van der Waals surface area contributed by atoms with Crippen molar-refractivity contribution in [1.29, 1.82) is 0 Å². The number of hydrogen-bond acceptors (Lipinski definition) is 3. The molecule has 1 aromatic carbocycles. The topological polar surface area (TPSA) is 66.5 Å². The first-order valence-corrected chi connectivity index (χ1v) is 4.37. The molecule has 0 saturated carbocycles. The highest BCUT2D eigenvalue weighted by molar-refractivity contribution is 5.34. The molecular weight excluding hydrogens is 185 g/mol. The highest BCUT2D eigenvalue weighted by Gasteiger charge is 2.25. The van der Waals surface area contributed by atoms with Crippen LogP contribution in [0.2, 0.25) is 0 Å². The summed E-state index contributed by atoms with van der Waals surface area (Å²) in [6.45, 7) is 1.49. The number of rotatable bonds is 3. The average molecular weight is 199 g/mol. The van der Waals surface area contributed by atoms with Gasteiger partial charge in [0.15, 0.2) is 11.6 Å². The van der Waals surface area contributed by atoms with Crippen LogP contribution in [0.3, 0.4) is 0 Å². The second-order valence-corrected chi connectivity index (χ2v) is 3.53. The predicted molar refractivity (Wildman–Crippen MR) is 51.3 cm³/mol. The number of benzene rings is 1. The lowest BCUT2D eigenvalue weighted by molar-refractivity contribution is 0.244. The lowest BCUT2D eigenvalue weighted by Crippen LogP contribution is -2.35. The van der Waals surface area contributed by atoms with Gasteiger partial charge in [-0.3, -0.25) is 0 Å². The van der Waals surface area contributed by atoms with Gasteiger partial charge in [-0.15, -0.1) is 0 Å². The van der Waals surface area contributed by atoms with Crippen LogP contribution in [0.15, 0.2) is 18.2 Å². The van der Waals surface area contributed by atoms with Crippen LogP contribution in [0, 0.1) is 5.82 Å². The largest absolute Gasteiger partial charge is 0.505 e. The van der Waals surface area contributed by atoms with Gasteiger partial charge in [0.05, 0.1) is 0 Å². The van der Waals surface area contributed by atoms with Gasteiger partial charge in [-0.05, 0) is 19.4 Å². The summed E-state index contributed by atoms with van der Waals surface area (Å²) in [5.41, 5.74) is 5.06. The van der Waals surface area contributed by atoms with Crippen LogP contribution in [-0.4, -0.2) is 16.8 Å². The van der Waals surface area contributed by atoms with E-state index in [1.54, 1.807) is 6.92 Å². The van der Waals surface area contributed by atoms with Crippen LogP contribution < -0.4 is 5.73 Å². The summed E-state index contributed by atoms with van der Waals surface area (Å²) < 4.78 is 13.4. The molecule has 1 aromatic rings. The molecule has 14 heavy (non-hydrogen) atoms. The third-order valence-corrected chi connectivity index (χ3v) is 2.22. The van der Waals surface area contributed by atoms with Gasteiger partial charge >= 0.3 is 0 Å². The summed E-state index contributed by atoms with van der Waals surface area (Å²) in [4.78, 5) is 0. The summed E-state index contributed by atoms with van der Waals surface area (Å²) in [6, 6.07) is 4.29. The first-order valence-electron chi connectivity index (χ1n) is 4.37. The molecule has 0 fully saturated rings. The Bertz CT molecular complexity index is 326. The summed E-state index contributed by atoms with van der Waals surface area (Å²) in [5, 5.41) is 17.9. The van der Waals surface area contributed by atoms with Crippen molar-refractivity contribution in [2.45, 2.75) is 18.9 Å². The fourth-order valence-corrected chi connectivity index (χ4v) is 1.33. The summed E-state index contributed by atoms with van der Waals surface area (Å²) in [7, 11) is 0. The van der Waals surface area contributed by atoms with Crippen molar-refractivity contribution >= 4 is 0 Å². The monoisotopic (exact) mass is 199 g/mol. The minimum Gasteiger partial charge on any atom is -0.505 e. The van der Waals surface area contributed by atoms with E-state index in [0.717, 1.165) is 0 Å². The predicted octanol–water partition coefficient (Wildman–Crippen LogP) is 1.09. The molecule has 0 heterocycles. The lowest BCUT2D eigenvalue weighted by Gasteiger charge is -2.24. The zero-order valence-electron chi connectivity index (χ0n) is 8.00. The van der Waals surface area contributed by atoms with E-state index in [-0.39, 0.29) is 18.6 Å². The number of phenolic OH excluding ortho intramolecular Hbond substituents is 1. The molecule has 1 rings (SSSR count). The maximum atomic E-state index is 13.4. The highest BCUT2D eigenvalue weighted by Crippen LogP contribution is 2.28. The van der Waals surface area contributed by atoms with Gasteiger partial charge in [-0.1, -0.05) is 12.1 Å².